The van der Waals surface area contributed by atoms with Crippen LogP contribution in [0.2, 0.25) is 0 Å². The summed E-state index contributed by atoms with van der Waals surface area (Å²) >= 11 is 0. The minimum absolute atomic E-state index is 0.992. The fraction of sp³-hybridized carbons (Fsp3) is 0.143. The Morgan fingerprint density at radius 3 is 1.57 bits per heavy atom. The predicted molar refractivity (Wildman–Crippen MR) is 55.6 cm³/mol. The number of aryl methyl sites for hydroxylation is 2. The van der Waals surface area contributed by atoms with E-state index in [2.05, 4.69) is 24.3 Å². The minimum Gasteiger partial charge on any atom is -0.0537 e. The quantitative estimate of drug-likeness (QED) is 0.677. The first-order valence-electron chi connectivity index (χ1n) is 4.68. The van der Waals surface area contributed by atoms with Gasteiger partial charge in [-0.25, -0.2) is 0 Å². The molecule has 4 radical (unpaired) electrons. The van der Waals surface area contributed by atoms with Gasteiger partial charge in [0.2, 0.25) is 0 Å². The zero-order chi connectivity index (χ0) is 9.64. The second kappa shape index (κ2) is 4.61. The van der Waals surface area contributed by atoms with Crippen LogP contribution in [-0.4, -0.2) is 0 Å². The van der Waals surface area contributed by atoms with Crippen LogP contribution in [0, 0.1) is 24.3 Å². The Morgan fingerprint density at radius 1 is 0.714 bits per heavy atom. The normalized spacial score (nSPS) is 10.0. The third-order valence-electron chi connectivity index (χ3n) is 2.08. The highest BCUT2D eigenvalue weighted by atomic mass is 14.0. The largest absolute Gasteiger partial charge is 0.0537 e. The summed E-state index contributed by atoms with van der Waals surface area (Å²) in [5.41, 5.74) is 2.40. The second-order valence-corrected chi connectivity index (χ2v) is 3.13. The molecule has 0 saturated heterocycles. The predicted octanol–water partition coefficient (Wildman–Crippen LogP) is 2.67. The number of benzene rings is 2. The standard InChI is InChI=1S/C14H10/c1-3-7-13(8-4-1)11-12-14-9-5-2-6-10-14/h1-3,5,8,10H,11-12H2. The lowest BCUT2D eigenvalue weighted by Crippen LogP contribution is -1.90. The third kappa shape index (κ3) is 2.46. The minimum atomic E-state index is 0.992. The van der Waals surface area contributed by atoms with Gasteiger partial charge in [0, 0.05) is 0 Å². The van der Waals surface area contributed by atoms with Crippen molar-refractivity contribution < 1.29 is 0 Å². The van der Waals surface area contributed by atoms with Crippen molar-refractivity contribution in [1.82, 2.24) is 0 Å². The maximum Gasteiger partial charge on any atom is -0.0149 e. The van der Waals surface area contributed by atoms with Gasteiger partial charge in [0.15, 0.2) is 0 Å². The van der Waals surface area contributed by atoms with Crippen LogP contribution in [0.1, 0.15) is 11.1 Å². The molecule has 66 valence electrons. The number of hydrogen-bond donors (Lipinski definition) is 0. The SMILES string of the molecule is [c]1cc[c]c(CCc2[c]cc[c]c2)c1. The maximum atomic E-state index is 3.18. The summed E-state index contributed by atoms with van der Waals surface area (Å²) in [5.74, 6) is 0. The summed E-state index contributed by atoms with van der Waals surface area (Å²) in [6.45, 7) is 0. The molecule has 0 bridgehead atoms. The first-order valence-corrected chi connectivity index (χ1v) is 4.68. The van der Waals surface area contributed by atoms with E-state index < -0.39 is 0 Å². The molecule has 0 aliphatic carbocycles. The zero-order valence-corrected chi connectivity index (χ0v) is 7.88. The van der Waals surface area contributed by atoms with Gasteiger partial charge in [-0.15, -0.1) is 0 Å². The van der Waals surface area contributed by atoms with E-state index in [1.54, 1.807) is 0 Å². The van der Waals surface area contributed by atoms with Crippen molar-refractivity contribution in [3.63, 3.8) is 0 Å². The van der Waals surface area contributed by atoms with Crippen molar-refractivity contribution in [3.8, 4) is 0 Å². The molecule has 2 rings (SSSR count). The van der Waals surface area contributed by atoms with Gasteiger partial charge >= 0.3 is 0 Å². The molecule has 0 atom stereocenters. The number of rotatable bonds is 3. The van der Waals surface area contributed by atoms with Crippen LogP contribution in [0.15, 0.2) is 36.4 Å². The van der Waals surface area contributed by atoms with Crippen LogP contribution >= 0.6 is 0 Å². The van der Waals surface area contributed by atoms with Crippen LogP contribution in [0.3, 0.4) is 0 Å². The summed E-state index contributed by atoms with van der Waals surface area (Å²) in [6, 6.07) is 24.0. The third-order valence-corrected chi connectivity index (χ3v) is 2.08. The topological polar surface area (TPSA) is 0 Å². The molecule has 2 aromatic carbocycles. The van der Waals surface area contributed by atoms with Gasteiger partial charge < -0.3 is 0 Å². The Hall–Kier alpha value is -1.56. The van der Waals surface area contributed by atoms with Crippen LogP contribution in [-0.2, 0) is 12.8 Å². The van der Waals surface area contributed by atoms with E-state index in [4.69, 9.17) is 0 Å². The van der Waals surface area contributed by atoms with E-state index in [0.717, 1.165) is 12.8 Å². The van der Waals surface area contributed by atoms with E-state index in [-0.39, 0.29) is 0 Å². The monoisotopic (exact) mass is 178 g/mol. The molecule has 0 saturated carbocycles. The Bertz CT molecular complexity index is 322. The van der Waals surface area contributed by atoms with Gasteiger partial charge in [0.1, 0.15) is 0 Å². The lowest BCUT2D eigenvalue weighted by Gasteiger charge is -1.99. The molecule has 0 amide bonds. The summed E-state index contributed by atoms with van der Waals surface area (Å²) in [7, 11) is 0. The van der Waals surface area contributed by atoms with Crippen molar-refractivity contribution in [2.45, 2.75) is 12.8 Å². The summed E-state index contributed by atoms with van der Waals surface area (Å²) < 4.78 is 0. The fourth-order valence-electron chi connectivity index (χ4n) is 1.33. The van der Waals surface area contributed by atoms with Crippen molar-refractivity contribution in [3.05, 3.63) is 71.8 Å². The Morgan fingerprint density at radius 2 is 1.21 bits per heavy atom. The smallest absolute Gasteiger partial charge is 0.0149 e. The van der Waals surface area contributed by atoms with Crippen LogP contribution in [0.4, 0.5) is 0 Å². The molecular formula is C14H10. The summed E-state index contributed by atoms with van der Waals surface area (Å²) in [6.07, 6.45) is 1.98. The van der Waals surface area contributed by atoms with Crippen LogP contribution in [0.25, 0.3) is 0 Å². The van der Waals surface area contributed by atoms with Gasteiger partial charge in [-0.3, -0.25) is 0 Å². The highest BCUT2D eigenvalue weighted by molar-refractivity contribution is 5.17. The molecule has 0 aromatic heterocycles. The molecule has 14 heavy (non-hydrogen) atoms. The molecule has 0 unspecified atom stereocenters. The van der Waals surface area contributed by atoms with E-state index >= 15 is 0 Å². The van der Waals surface area contributed by atoms with Gasteiger partial charge in [-0.2, -0.15) is 0 Å². The first kappa shape index (κ1) is 9.01. The molecule has 0 heteroatoms. The number of hydrogen-bond acceptors (Lipinski definition) is 0. The Kier molecular flexibility index (Phi) is 2.97. The molecule has 0 N–H and O–H groups in total. The van der Waals surface area contributed by atoms with Crippen LogP contribution < -0.4 is 0 Å². The van der Waals surface area contributed by atoms with Crippen molar-refractivity contribution in [2.75, 3.05) is 0 Å². The summed E-state index contributed by atoms with van der Waals surface area (Å²) in [4.78, 5) is 0. The Labute approximate surface area is 85.2 Å². The highest BCUT2D eigenvalue weighted by Crippen LogP contribution is 2.04. The van der Waals surface area contributed by atoms with Gasteiger partial charge in [-0.05, 0) is 48.2 Å². The molecule has 0 heterocycles. The molecule has 0 fully saturated rings. The highest BCUT2D eigenvalue weighted by Gasteiger charge is 1.94. The van der Waals surface area contributed by atoms with Crippen molar-refractivity contribution in [2.24, 2.45) is 0 Å². The van der Waals surface area contributed by atoms with Crippen LogP contribution in [0.5, 0.6) is 0 Å². The van der Waals surface area contributed by atoms with Gasteiger partial charge in [0.05, 0.1) is 0 Å². The molecule has 0 nitrogen and oxygen atoms in total. The zero-order valence-electron chi connectivity index (χ0n) is 7.88. The molecule has 0 spiro atoms. The second-order valence-electron chi connectivity index (χ2n) is 3.13. The van der Waals surface area contributed by atoms with E-state index in [1.165, 1.54) is 11.1 Å². The Balaban J connectivity index is 1.96. The van der Waals surface area contributed by atoms with Gasteiger partial charge in [0.25, 0.3) is 0 Å². The van der Waals surface area contributed by atoms with Crippen molar-refractivity contribution >= 4 is 0 Å². The molecule has 2 aromatic rings. The lowest BCUT2D eigenvalue weighted by atomic mass is 10.0. The summed E-state index contributed by atoms with van der Waals surface area (Å²) in [5, 5.41) is 0. The molecule has 0 aliphatic heterocycles. The molecular weight excluding hydrogens is 168 g/mol. The average molecular weight is 178 g/mol. The fourth-order valence-corrected chi connectivity index (χ4v) is 1.33. The van der Waals surface area contributed by atoms with E-state index in [0.29, 0.717) is 0 Å². The van der Waals surface area contributed by atoms with Crippen molar-refractivity contribution in [1.29, 1.82) is 0 Å². The maximum absolute atomic E-state index is 3.18. The van der Waals surface area contributed by atoms with E-state index in [1.807, 2.05) is 36.4 Å². The van der Waals surface area contributed by atoms with Gasteiger partial charge in [-0.1, -0.05) is 36.4 Å². The molecule has 0 aliphatic rings. The lowest BCUT2D eigenvalue weighted by molar-refractivity contribution is 0.956. The van der Waals surface area contributed by atoms with E-state index in [9.17, 15) is 0 Å². The first-order chi connectivity index (χ1) is 6.95. The average Bonchev–Trinajstić information content (AvgIpc) is 2.29.